The SMILES string of the molecule is Cc1ccc(NC(=O)[C@H](C)OC(=O)c2ccc(C3SCCCS3)cc2)cc1F. The van der Waals surface area contributed by atoms with Crippen molar-refractivity contribution in [1.29, 1.82) is 0 Å². The summed E-state index contributed by atoms with van der Waals surface area (Å²) < 4.78 is 19.2. The summed E-state index contributed by atoms with van der Waals surface area (Å²) in [5.41, 5.74) is 2.39. The van der Waals surface area contributed by atoms with Gasteiger partial charge in [-0.2, -0.15) is 0 Å². The average Bonchev–Trinajstić information content (AvgIpc) is 2.71. The Kier molecular flexibility index (Phi) is 7.02. The molecular weight excluding hydrogens is 397 g/mol. The topological polar surface area (TPSA) is 55.4 Å². The molecule has 7 heteroatoms. The van der Waals surface area contributed by atoms with Crippen LogP contribution in [0.1, 0.15) is 39.4 Å². The van der Waals surface area contributed by atoms with Crippen LogP contribution in [0.5, 0.6) is 0 Å². The number of carbonyl (C=O) groups excluding carboxylic acids is 2. The van der Waals surface area contributed by atoms with Gasteiger partial charge in [-0.1, -0.05) is 18.2 Å². The number of anilines is 1. The van der Waals surface area contributed by atoms with Gasteiger partial charge in [0.1, 0.15) is 5.82 Å². The Hall–Kier alpha value is -1.99. The maximum atomic E-state index is 13.6. The molecule has 3 rings (SSSR count). The zero-order valence-electron chi connectivity index (χ0n) is 15.7. The van der Waals surface area contributed by atoms with E-state index >= 15 is 0 Å². The van der Waals surface area contributed by atoms with Crippen molar-refractivity contribution in [2.24, 2.45) is 0 Å². The molecule has 4 nitrogen and oxygen atoms in total. The first-order chi connectivity index (χ1) is 13.4. The predicted molar refractivity (Wildman–Crippen MR) is 113 cm³/mol. The average molecular weight is 420 g/mol. The van der Waals surface area contributed by atoms with Gasteiger partial charge in [0.05, 0.1) is 10.1 Å². The normalized spacial score (nSPS) is 15.7. The molecule has 1 fully saturated rings. The fourth-order valence-electron chi connectivity index (χ4n) is 2.65. The van der Waals surface area contributed by atoms with Crippen molar-refractivity contribution < 1.29 is 18.7 Å². The van der Waals surface area contributed by atoms with E-state index in [4.69, 9.17) is 4.74 Å². The number of rotatable bonds is 5. The summed E-state index contributed by atoms with van der Waals surface area (Å²) in [5.74, 6) is 0.825. The van der Waals surface area contributed by atoms with Gasteiger partial charge >= 0.3 is 5.97 Å². The number of nitrogens with one attached hydrogen (secondary N) is 1. The number of benzene rings is 2. The second kappa shape index (κ2) is 9.47. The van der Waals surface area contributed by atoms with E-state index in [9.17, 15) is 14.0 Å². The van der Waals surface area contributed by atoms with Crippen molar-refractivity contribution >= 4 is 41.1 Å². The zero-order valence-corrected chi connectivity index (χ0v) is 17.4. The van der Waals surface area contributed by atoms with Gasteiger partial charge in [-0.05, 0) is 67.2 Å². The van der Waals surface area contributed by atoms with Gasteiger partial charge in [0.2, 0.25) is 0 Å². The summed E-state index contributed by atoms with van der Waals surface area (Å²) in [6.45, 7) is 3.13. The van der Waals surface area contributed by atoms with Crippen LogP contribution in [0.2, 0.25) is 0 Å². The molecule has 0 radical (unpaired) electrons. The van der Waals surface area contributed by atoms with Crippen molar-refractivity contribution in [3.8, 4) is 0 Å². The lowest BCUT2D eigenvalue weighted by molar-refractivity contribution is -0.123. The summed E-state index contributed by atoms with van der Waals surface area (Å²) in [4.78, 5) is 24.5. The first kappa shape index (κ1) is 20.7. The van der Waals surface area contributed by atoms with Crippen LogP contribution in [0.3, 0.4) is 0 Å². The molecule has 0 saturated carbocycles. The lowest BCUT2D eigenvalue weighted by Crippen LogP contribution is -2.30. The minimum atomic E-state index is -0.999. The highest BCUT2D eigenvalue weighted by atomic mass is 32.2. The number of carbonyl (C=O) groups is 2. The third-order valence-corrected chi connectivity index (χ3v) is 7.35. The molecule has 1 heterocycles. The Balaban J connectivity index is 1.56. The maximum absolute atomic E-state index is 13.6. The largest absolute Gasteiger partial charge is 0.449 e. The molecule has 1 amide bonds. The molecule has 1 aliphatic heterocycles. The van der Waals surface area contributed by atoms with E-state index in [0.717, 1.165) is 11.5 Å². The minimum Gasteiger partial charge on any atom is -0.449 e. The number of hydrogen-bond acceptors (Lipinski definition) is 5. The van der Waals surface area contributed by atoms with E-state index < -0.39 is 23.8 Å². The highest BCUT2D eigenvalue weighted by Gasteiger charge is 2.21. The Bertz CT molecular complexity index is 851. The molecule has 0 aromatic heterocycles. The fraction of sp³-hybridized carbons (Fsp3) is 0.333. The first-order valence-corrected chi connectivity index (χ1v) is 11.1. The summed E-state index contributed by atoms with van der Waals surface area (Å²) in [7, 11) is 0. The smallest absolute Gasteiger partial charge is 0.338 e. The third-order valence-electron chi connectivity index (χ3n) is 4.34. The van der Waals surface area contributed by atoms with Crippen LogP contribution in [0, 0.1) is 12.7 Å². The lowest BCUT2D eigenvalue weighted by Gasteiger charge is -2.21. The van der Waals surface area contributed by atoms with Crippen LogP contribution in [0.15, 0.2) is 42.5 Å². The number of esters is 1. The molecule has 1 atom stereocenters. The first-order valence-electron chi connectivity index (χ1n) is 9.05. The Labute approximate surface area is 172 Å². The molecule has 0 aliphatic carbocycles. The number of hydrogen-bond donors (Lipinski definition) is 1. The molecule has 28 heavy (non-hydrogen) atoms. The van der Waals surface area contributed by atoms with E-state index in [1.54, 1.807) is 31.2 Å². The van der Waals surface area contributed by atoms with Crippen molar-refractivity contribution in [3.05, 3.63) is 65.0 Å². The summed E-state index contributed by atoms with van der Waals surface area (Å²) in [6.07, 6.45) is 0.229. The lowest BCUT2D eigenvalue weighted by atomic mass is 10.1. The molecule has 0 bridgehead atoms. The molecule has 1 N–H and O–H groups in total. The van der Waals surface area contributed by atoms with Crippen LogP contribution >= 0.6 is 23.5 Å². The summed E-state index contributed by atoms with van der Waals surface area (Å²) >= 11 is 3.83. The van der Waals surface area contributed by atoms with Crippen LogP contribution in [-0.4, -0.2) is 29.5 Å². The third kappa shape index (κ3) is 5.29. The number of ether oxygens (including phenoxy) is 1. The standard InChI is InChI=1S/C21H22FNO3S2/c1-13-4-9-17(12-18(13)22)23-19(24)14(2)26-20(25)15-5-7-16(8-6-15)21-27-10-3-11-28-21/h4-9,12,14,21H,3,10-11H2,1-2H3,(H,23,24)/t14-/m0/s1. The van der Waals surface area contributed by atoms with Crippen molar-refractivity contribution in [2.75, 3.05) is 16.8 Å². The Morgan fingerprint density at radius 2 is 1.82 bits per heavy atom. The molecule has 148 valence electrons. The molecular formula is C21H22FNO3S2. The van der Waals surface area contributed by atoms with E-state index in [0.29, 0.717) is 21.4 Å². The monoisotopic (exact) mass is 419 g/mol. The number of thioether (sulfide) groups is 2. The van der Waals surface area contributed by atoms with Gasteiger partial charge in [0.25, 0.3) is 5.91 Å². The van der Waals surface area contributed by atoms with Gasteiger partial charge in [-0.3, -0.25) is 4.79 Å². The maximum Gasteiger partial charge on any atom is 0.338 e. The van der Waals surface area contributed by atoms with Crippen LogP contribution in [0.4, 0.5) is 10.1 Å². The second-order valence-electron chi connectivity index (χ2n) is 6.55. The van der Waals surface area contributed by atoms with Gasteiger partial charge in [0, 0.05) is 5.69 Å². The van der Waals surface area contributed by atoms with E-state index in [2.05, 4.69) is 5.32 Å². The fourth-order valence-corrected chi connectivity index (χ4v) is 5.55. The van der Waals surface area contributed by atoms with Gasteiger partial charge in [-0.15, -0.1) is 23.5 Å². The predicted octanol–water partition coefficient (Wildman–Crippen LogP) is 5.19. The van der Waals surface area contributed by atoms with Crippen LogP contribution in [0.25, 0.3) is 0 Å². The Morgan fingerprint density at radius 3 is 2.46 bits per heavy atom. The summed E-state index contributed by atoms with van der Waals surface area (Å²) in [6, 6.07) is 11.7. The summed E-state index contributed by atoms with van der Waals surface area (Å²) in [5, 5.41) is 2.56. The van der Waals surface area contributed by atoms with Crippen LogP contribution < -0.4 is 5.32 Å². The quantitative estimate of drug-likeness (QED) is 0.676. The number of amides is 1. The van der Waals surface area contributed by atoms with Crippen molar-refractivity contribution in [2.45, 2.75) is 31.0 Å². The molecule has 0 unspecified atom stereocenters. The number of halogens is 1. The highest BCUT2D eigenvalue weighted by molar-refractivity contribution is 8.16. The van der Waals surface area contributed by atoms with E-state index in [1.165, 1.54) is 25.0 Å². The molecule has 2 aromatic rings. The van der Waals surface area contributed by atoms with E-state index in [1.807, 2.05) is 35.7 Å². The van der Waals surface area contributed by atoms with Crippen LogP contribution in [-0.2, 0) is 9.53 Å². The molecule has 0 spiro atoms. The highest BCUT2D eigenvalue weighted by Crippen LogP contribution is 2.43. The van der Waals surface area contributed by atoms with Gasteiger partial charge in [0.15, 0.2) is 6.10 Å². The molecule has 1 aliphatic rings. The van der Waals surface area contributed by atoms with Gasteiger partial charge in [-0.25, -0.2) is 9.18 Å². The minimum absolute atomic E-state index is 0.322. The van der Waals surface area contributed by atoms with Crippen molar-refractivity contribution in [3.63, 3.8) is 0 Å². The van der Waals surface area contributed by atoms with E-state index in [-0.39, 0.29) is 0 Å². The van der Waals surface area contributed by atoms with Crippen molar-refractivity contribution in [1.82, 2.24) is 0 Å². The molecule has 1 saturated heterocycles. The number of aryl methyl sites for hydroxylation is 1. The second-order valence-corrected chi connectivity index (χ2v) is 9.27. The van der Waals surface area contributed by atoms with Gasteiger partial charge < -0.3 is 10.1 Å². The molecule has 2 aromatic carbocycles. The Morgan fingerprint density at radius 1 is 1.14 bits per heavy atom. The zero-order chi connectivity index (χ0) is 20.1.